The second-order valence-electron chi connectivity index (χ2n) is 6.94. The lowest BCUT2D eigenvalue weighted by Gasteiger charge is -2.35. The molecule has 1 atom stereocenters. The Morgan fingerprint density at radius 1 is 1.24 bits per heavy atom. The molecular weight excluding hydrogens is 260 g/mol. The van der Waals surface area contributed by atoms with Crippen LogP contribution in [-0.2, 0) is 6.42 Å². The highest BCUT2D eigenvalue weighted by Gasteiger charge is 2.28. The molecule has 1 aromatic rings. The van der Waals surface area contributed by atoms with Crippen LogP contribution >= 0.6 is 0 Å². The van der Waals surface area contributed by atoms with Gasteiger partial charge in [-0.05, 0) is 38.0 Å². The molecule has 1 fully saturated rings. The standard InChI is InChI=1S/C17H30N4/c1-5-8-14-20-15(18-6-2)11-16(21-14)19-13-9-7-10-17(3,4)12-13/h11,13H,5-10,12H2,1-4H3,(H2,18,19,20,21). The van der Waals surface area contributed by atoms with Gasteiger partial charge >= 0.3 is 0 Å². The third kappa shape index (κ3) is 4.87. The summed E-state index contributed by atoms with van der Waals surface area (Å²) >= 11 is 0. The van der Waals surface area contributed by atoms with E-state index in [2.05, 4.69) is 48.3 Å². The first kappa shape index (κ1) is 16.1. The summed E-state index contributed by atoms with van der Waals surface area (Å²) in [4.78, 5) is 9.26. The van der Waals surface area contributed by atoms with Crippen LogP contribution in [0.15, 0.2) is 6.07 Å². The highest BCUT2D eigenvalue weighted by molar-refractivity contribution is 5.48. The summed E-state index contributed by atoms with van der Waals surface area (Å²) in [5.41, 5.74) is 0.444. The van der Waals surface area contributed by atoms with E-state index in [1.165, 1.54) is 25.7 Å². The normalized spacial score (nSPS) is 21.0. The topological polar surface area (TPSA) is 49.8 Å². The van der Waals surface area contributed by atoms with E-state index in [1.807, 2.05) is 6.07 Å². The van der Waals surface area contributed by atoms with Gasteiger partial charge in [-0.3, -0.25) is 0 Å². The first-order chi connectivity index (χ1) is 10.0. The molecule has 1 heterocycles. The Bertz CT molecular complexity index is 432. The van der Waals surface area contributed by atoms with Gasteiger partial charge in [0.15, 0.2) is 0 Å². The van der Waals surface area contributed by atoms with Crippen LogP contribution in [-0.4, -0.2) is 22.6 Å². The minimum absolute atomic E-state index is 0.444. The van der Waals surface area contributed by atoms with Crippen molar-refractivity contribution in [2.24, 2.45) is 5.41 Å². The second-order valence-corrected chi connectivity index (χ2v) is 6.94. The lowest BCUT2D eigenvalue weighted by Crippen LogP contribution is -2.32. The van der Waals surface area contributed by atoms with Crippen LogP contribution in [0.4, 0.5) is 11.6 Å². The molecular formula is C17H30N4. The van der Waals surface area contributed by atoms with E-state index in [0.29, 0.717) is 11.5 Å². The lowest BCUT2D eigenvalue weighted by atomic mass is 9.75. The van der Waals surface area contributed by atoms with Gasteiger partial charge in [-0.1, -0.05) is 27.2 Å². The summed E-state index contributed by atoms with van der Waals surface area (Å²) in [5, 5.41) is 6.95. The van der Waals surface area contributed by atoms with Crippen molar-refractivity contribution in [1.82, 2.24) is 9.97 Å². The number of aryl methyl sites for hydroxylation is 1. The van der Waals surface area contributed by atoms with Gasteiger partial charge in [0, 0.05) is 25.1 Å². The molecule has 2 rings (SSSR count). The first-order valence-corrected chi connectivity index (χ1v) is 8.41. The van der Waals surface area contributed by atoms with Crippen LogP contribution < -0.4 is 10.6 Å². The van der Waals surface area contributed by atoms with Crippen LogP contribution in [0.1, 0.15) is 65.6 Å². The molecule has 118 valence electrons. The molecule has 0 saturated heterocycles. The summed E-state index contributed by atoms with van der Waals surface area (Å²) < 4.78 is 0. The first-order valence-electron chi connectivity index (χ1n) is 8.41. The van der Waals surface area contributed by atoms with Gasteiger partial charge in [-0.2, -0.15) is 0 Å². The van der Waals surface area contributed by atoms with Crippen LogP contribution in [0.2, 0.25) is 0 Å². The van der Waals surface area contributed by atoms with E-state index in [9.17, 15) is 0 Å². The number of rotatable bonds is 6. The van der Waals surface area contributed by atoms with Gasteiger partial charge < -0.3 is 10.6 Å². The molecule has 0 amide bonds. The molecule has 1 aromatic heterocycles. The Kier molecular flexibility index (Phi) is 5.43. The Morgan fingerprint density at radius 2 is 2.00 bits per heavy atom. The fraction of sp³-hybridized carbons (Fsp3) is 0.765. The van der Waals surface area contributed by atoms with Crippen molar-refractivity contribution in [1.29, 1.82) is 0 Å². The number of hydrogen-bond donors (Lipinski definition) is 2. The average molecular weight is 290 g/mol. The SMILES string of the molecule is CCCc1nc(NCC)cc(NC2CCCC(C)(C)C2)n1. The van der Waals surface area contributed by atoms with Gasteiger partial charge in [0.05, 0.1) is 0 Å². The van der Waals surface area contributed by atoms with E-state index in [0.717, 1.165) is 36.8 Å². The van der Waals surface area contributed by atoms with E-state index in [1.54, 1.807) is 0 Å². The van der Waals surface area contributed by atoms with Crippen molar-refractivity contribution in [3.8, 4) is 0 Å². The second kappa shape index (κ2) is 7.10. The molecule has 0 spiro atoms. The highest BCUT2D eigenvalue weighted by Crippen LogP contribution is 2.36. The molecule has 4 heteroatoms. The number of anilines is 2. The van der Waals surface area contributed by atoms with Crippen LogP contribution in [0.3, 0.4) is 0 Å². The largest absolute Gasteiger partial charge is 0.370 e. The molecule has 0 aromatic carbocycles. The summed E-state index contributed by atoms with van der Waals surface area (Å²) in [5.74, 6) is 2.86. The fourth-order valence-electron chi connectivity index (χ4n) is 3.21. The number of aromatic nitrogens is 2. The van der Waals surface area contributed by atoms with Gasteiger partial charge in [-0.25, -0.2) is 9.97 Å². The van der Waals surface area contributed by atoms with E-state index in [-0.39, 0.29) is 0 Å². The maximum atomic E-state index is 4.69. The molecule has 2 N–H and O–H groups in total. The molecule has 21 heavy (non-hydrogen) atoms. The number of nitrogens with zero attached hydrogens (tertiary/aromatic N) is 2. The van der Waals surface area contributed by atoms with Crippen LogP contribution in [0.25, 0.3) is 0 Å². The van der Waals surface area contributed by atoms with E-state index < -0.39 is 0 Å². The molecule has 0 bridgehead atoms. The Labute approximate surface area is 129 Å². The van der Waals surface area contributed by atoms with Crippen molar-refractivity contribution in [3.05, 3.63) is 11.9 Å². The predicted octanol–water partition coefficient (Wildman–Crippen LogP) is 4.24. The van der Waals surface area contributed by atoms with E-state index in [4.69, 9.17) is 0 Å². The van der Waals surface area contributed by atoms with Crippen molar-refractivity contribution < 1.29 is 0 Å². The van der Waals surface area contributed by atoms with Crippen molar-refractivity contribution >= 4 is 11.6 Å². The van der Waals surface area contributed by atoms with Crippen LogP contribution in [0, 0.1) is 5.41 Å². The number of hydrogen-bond acceptors (Lipinski definition) is 4. The number of nitrogens with one attached hydrogen (secondary N) is 2. The fourth-order valence-corrected chi connectivity index (χ4v) is 3.21. The van der Waals surface area contributed by atoms with Gasteiger partial charge in [0.1, 0.15) is 17.5 Å². The highest BCUT2D eigenvalue weighted by atomic mass is 15.1. The van der Waals surface area contributed by atoms with Crippen molar-refractivity contribution in [2.45, 2.75) is 72.3 Å². The molecule has 1 aliphatic rings. The molecule has 4 nitrogen and oxygen atoms in total. The van der Waals surface area contributed by atoms with Gasteiger partial charge in [0.2, 0.25) is 0 Å². The van der Waals surface area contributed by atoms with Crippen LogP contribution in [0.5, 0.6) is 0 Å². The molecule has 1 saturated carbocycles. The zero-order valence-electron chi connectivity index (χ0n) is 14.0. The quantitative estimate of drug-likeness (QED) is 0.822. The van der Waals surface area contributed by atoms with Gasteiger partial charge in [-0.15, -0.1) is 0 Å². The summed E-state index contributed by atoms with van der Waals surface area (Å²) in [6, 6.07) is 2.58. The van der Waals surface area contributed by atoms with Gasteiger partial charge in [0.25, 0.3) is 0 Å². The van der Waals surface area contributed by atoms with Crippen molar-refractivity contribution in [2.75, 3.05) is 17.2 Å². The molecule has 0 radical (unpaired) electrons. The predicted molar refractivity (Wildman–Crippen MR) is 89.9 cm³/mol. The molecule has 0 aliphatic heterocycles. The third-order valence-electron chi connectivity index (χ3n) is 4.16. The Balaban J connectivity index is 2.10. The summed E-state index contributed by atoms with van der Waals surface area (Å²) in [6.45, 7) is 9.89. The zero-order chi connectivity index (χ0) is 15.3. The summed E-state index contributed by atoms with van der Waals surface area (Å²) in [6.07, 6.45) is 7.11. The minimum atomic E-state index is 0.444. The average Bonchev–Trinajstić information content (AvgIpc) is 2.38. The maximum Gasteiger partial charge on any atom is 0.133 e. The lowest BCUT2D eigenvalue weighted by molar-refractivity contribution is 0.229. The monoisotopic (exact) mass is 290 g/mol. The summed E-state index contributed by atoms with van der Waals surface area (Å²) in [7, 11) is 0. The third-order valence-corrected chi connectivity index (χ3v) is 4.16. The minimum Gasteiger partial charge on any atom is -0.370 e. The molecule has 1 unspecified atom stereocenters. The smallest absolute Gasteiger partial charge is 0.133 e. The zero-order valence-corrected chi connectivity index (χ0v) is 14.0. The Hall–Kier alpha value is -1.32. The maximum absolute atomic E-state index is 4.69. The molecule has 1 aliphatic carbocycles. The van der Waals surface area contributed by atoms with E-state index >= 15 is 0 Å². The van der Waals surface area contributed by atoms with Crippen molar-refractivity contribution in [3.63, 3.8) is 0 Å². The Morgan fingerprint density at radius 3 is 2.67 bits per heavy atom.